The van der Waals surface area contributed by atoms with Crippen molar-refractivity contribution >= 4 is 22.9 Å². The molecule has 3 aromatic rings. The maximum Gasteiger partial charge on any atom is 0.416 e. The molecule has 0 saturated carbocycles. The average molecular weight is 542 g/mol. The fourth-order valence-corrected chi connectivity index (χ4v) is 5.81. The van der Waals surface area contributed by atoms with Crippen molar-refractivity contribution < 1.29 is 28.2 Å². The van der Waals surface area contributed by atoms with Crippen molar-refractivity contribution in [1.82, 2.24) is 14.8 Å². The van der Waals surface area contributed by atoms with Gasteiger partial charge < -0.3 is 25.0 Å². The number of hydrogen-bond donors (Lipinski definition) is 3. The van der Waals surface area contributed by atoms with Crippen LogP contribution in [0.1, 0.15) is 48.3 Å². The molecule has 1 atom stereocenters. The van der Waals surface area contributed by atoms with Gasteiger partial charge >= 0.3 is 6.18 Å². The van der Waals surface area contributed by atoms with Gasteiger partial charge in [0.2, 0.25) is 5.91 Å². The largest absolute Gasteiger partial charge is 0.416 e. The van der Waals surface area contributed by atoms with E-state index in [1.807, 2.05) is 6.07 Å². The maximum absolute atomic E-state index is 12.9. The number of piperidine rings is 2. The number of halogens is 3. The molecular formula is C30H34F3N3O3. The Morgan fingerprint density at radius 2 is 1.79 bits per heavy atom. The summed E-state index contributed by atoms with van der Waals surface area (Å²) in [5, 5.41) is 23.4. The van der Waals surface area contributed by atoms with Crippen molar-refractivity contribution in [3.8, 4) is 0 Å². The molecule has 2 aromatic carbocycles. The number of nitrogens with one attached hydrogen (secondary N) is 1. The van der Waals surface area contributed by atoms with Crippen LogP contribution in [0.25, 0.3) is 17.0 Å². The van der Waals surface area contributed by atoms with Gasteiger partial charge in [-0.2, -0.15) is 13.2 Å². The van der Waals surface area contributed by atoms with Crippen LogP contribution in [0.15, 0.2) is 60.8 Å². The highest BCUT2D eigenvalue weighted by Gasteiger charge is 2.41. The Labute approximate surface area is 225 Å². The Balaban J connectivity index is 1.10. The monoisotopic (exact) mass is 541 g/mol. The smallest absolute Gasteiger partial charge is 0.389 e. The van der Waals surface area contributed by atoms with Crippen LogP contribution in [0, 0.1) is 0 Å². The zero-order valence-electron chi connectivity index (χ0n) is 21.7. The van der Waals surface area contributed by atoms with Crippen LogP contribution in [0.4, 0.5) is 13.2 Å². The molecule has 0 spiro atoms. The topological polar surface area (TPSA) is 79.8 Å². The molecular weight excluding hydrogens is 507 g/mol. The van der Waals surface area contributed by atoms with E-state index in [1.54, 1.807) is 4.90 Å². The Morgan fingerprint density at radius 1 is 1.08 bits per heavy atom. The number of fused-ring (bicyclic) bond motifs is 1. The van der Waals surface area contributed by atoms with Gasteiger partial charge in [-0.1, -0.05) is 30.3 Å². The second-order valence-electron chi connectivity index (χ2n) is 10.8. The zero-order chi connectivity index (χ0) is 27.6. The first-order valence-corrected chi connectivity index (χ1v) is 13.5. The van der Waals surface area contributed by atoms with E-state index in [1.165, 1.54) is 35.2 Å². The van der Waals surface area contributed by atoms with Gasteiger partial charge in [-0.25, -0.2) is 0 Å². The first kappa shape index (κ1) is 27.4. The van der Waals surface area contributed by atoms with Gasteiger partial charge in [-0.05, 0) is 80.1 Å². The highest BCUT2D eigenvalue weighted by molar-refractivity contribution is 5.91. The number of β-amino-alcohol motifs (C(OH)–C–C–N with tert-alkyl or cyclic N) is 1. The second kappa shape index (κ2) is 11.2. The SMILES string of the molecule is O=C(/C=C/c1cccc(C(F)(F)F)c1)N1CCC(O)(C(O)CN2CCC(c3c[nH]c4ccccc34)CC2)CC1. The number of hydrogen-bond acceptors (Lipinski definition) is 4. The van der Waals surface area contributed by atoms with Gasteiger partial charge in [0, 0.05) is 42.8 Å². The number of aromatic amines is 1. The number of benzene rings is 2. The summed E-state index contributed by atoms with van der Waals surface area (Å²) in [6, 6.07) is 13.1. The Morgan fingerprint density at radius 3 is 2.51 bits per heavy atom. The number of likely N-dealkylation sites (tertiary alicyclic amines) is 2. The zero-order valence-corrected chi connectivity index (χ0v) is 21.7. The molecule has 3 heterocycles. The molecule has 2 aliphatic heterocycles. The van der Waals surface area contributed by atoms with Crippen molar-refractivity contribution in [2.75, 3.05) is 32.7 Å². The highest BCUT2D eigenvalue weighted by Crippen LogP contribution is 2.34. The molecule has 3 N–H and O–H groups in total. The van der Waals surface area contributed by atoms with Gasteiger partial charge in [0.05, 0.1) is 17.3 Å². The number of carbonyl (C=O) groups is 1. The molecule has 208 valence electrons. The molecule has 0 radical (unpaired) electrons. The third kappa shape index (κ3) is 6.21. The molecule has 1 unspecified atom stereocenters. The normalized spacial score (nSPS) is 20.1. The summed E-state index contributed by atoms with van der Waals surface area (Å²) >= 11 is 0. The molecule has 1 aromatic heterocycles. The van der Waals surface area contributed by atoms with Gasteiger partial charge in [0.25, 0.3) is 0 Å². The lowest BCUT2D eigenvalue weighted by molar-refractivity contribution is -0.140. The van der Waals surface area contributed by atoms with E-state index in [9.17, 15) is 28.2 Å². The van der Waals surface area contributed by atoms with Crippen LogP contribution in [0.2, 0.25) is 0 Å². The van der Waals surface area contributed by atoms with E-state index >= 15 is 0 Å². The van der Waals surface area contributed by atoms with E-state index in [0.717, 1.165) is 43.6 Å². The van der Waals surface area contributed by atoms with Crippen LogP contribution in [0.5, 0.6) is 0 Å². The summed E-state index contributed by atoms with van der Waals surface area (Å²) in [6.45, 7) is 2.58. The minimum atomic E-state index is -4.45. The third-order valence-corrected chi connectivity index (χ3v) is 8.27. The van der Waals surface area contributed by atoms with Gasteiger partial charge in [0.15, 0.2) is 0 Å². The van der Waals surface area contributed by atoms with E-state index in [0.29, 0.717) is 12.5 Å². The standard InChI is InChI=1S/C30H34F3N3O3/c31-30(32,33)23-5-3-4-21(18-23)8-9-28(38)36-16-12-29(39,13-17-36)27(37)20-35-14-10-22(11-15-35)25-19-34-26-7-2-1-6-24(25)26/h1-9,18-19,22,27,34,37,39H,10-17,20H2/b9-8+. The van der Waals surface area contributed by atoms with Crippen molar-refractivity contribution in [2.24, 2.45) is 0 Å². The van der Waals surface area contributed by atoms with Gasteiger partial charge in [0.1, 0.15) is 0 Å². The summed E-state index contributed by atoms with van der Waals surface area (Å²) in [5.74, 6) is 0.124. The molecule has 0 aliphatic carbocycles. The van der Waals surface area contributed by atoms with Crippen LogP contribution >= 0.6 is 0 Å². The molecule has 6 nitrogen and oxygen atoms in total. The first-order chi connectivity index (χ1) is 18.6. The molecule has 0 bridgehead atoms. The Hall–Kier alpha value is -3.14. The predicted molar refractivity (Wildman–Crippen MR) is 144 cm³/mol. The van der Waals surface area contributed by atoms with Crippen molar-refractivity contribution in [3.63, 3.8) is 0 Å². The third-order valence-electron chi connectivity index (χ3n) is 8.27. The number of aliphatic hydroxyl groups excluding tert-OH is 1. The molecule has 39 heavy (non-hydrogen) atoms. The minimum Gasteiger partial charge on any atom is -0.389 e. The average Bonchev–Trinajstić information content (AvgIpc) is 3.36. The van der Waals surface area contributed by atoms with Crippen LogP contribution in [-0.4, -0.2) is 75.3 Å². The highest BCUT2D eigenvalue weighted by atomic mass is 19.4. The number of amides is 1. The summed E-state index contributed by atoms with van der Waals surface area (Å²) in [7, 11) is 0. The second-order valence-corrected chi connectivity index (χ2v) is 10.8. The molecule has 5 rings (SSSR count). The lowest BCUT2D eigenvalue weighted by Crippen LogP contribution is -2.56. The molecule has 2 aliphatic rings. The summed E-state index contributed by atoms with van der Waals surface area (Å²) in [4.78, 5) is 19.7. The number of alkyl halides is 3. The number of H-pyrrole nitrogens is 1. The quantitative estimate of drug-likeness (QED) is 0.392. The maximum atomic E-state index is 12.9. The number of carbonyl (C=O) groups excluding carboxylic acids is 1. The van der Waals surface area contributed by atoms with Crippen molar-refractivity contribution in [2.45, 2.75) is 49.5 Å². The fraction of sp³-hybridized carbons (Fsp3) is 0.433. The number of aromatic nitrogens is 1. The van der Waals surface area contributed by atoms with Gasteiger partial charge in [-0.3, -0.25) is 4.79 Å². The van der Waals surface area contributed by atoms with Crippen LogP contribution < -0.4 is 0 Å². The van der Waals surface area contributed by atoms with Crippen LogP contribution in [0.3, 0.4) is 0 Å². The van der Waals surface area contributed by atoms with E-state index in [-0.39, 0.29) is 37.4 Å². The Bertz CT molecular complexity index is 1320. The number of para-hydroxylation sites is 1. The van der Waals surface area contributed by atoms with Crippen molar-refractivity contribution in [3.05, 3.63) is 77.5 Å². The Kier molecular flexibility index (Phi) is 7.84. The molecule has 2 saturated heterocycles. The summed E-state index contributed by atoms with van der Waals surface area (Å²) < 4.78 is 38.8. The van der Waals surface area contributed by atoms with Gasteiger partial charge in [-0.15, -0.1) is 0 Å². The molecule has 2 fully saturated rings. The molecule has 9 heteroatoms. The fourth-order valence-electron chi connectivity index (χ4n) is 5.81. The van der Waals surface area contributed by atoms with Crippen molar-refractivity contribution in [1.29, 1.82) is 0 Å². The lowest BCUT2D eigenvalue weighted by atomic mass is 9.84. The lowest BCUT2D eigenvalue weighted by Gasteiger charge is -2.43. The molecule has 1 amide bonds. The predicted octanol–water partition coefficient (Wildman–Crippen LogP) is 4.79. The summed E-state index contributed by atoms with van der Waals surface area (Å²) in [5.41, 5.74) is 0.717. The van der Waals surface area contributed by atoms with E-state index in [2.05, 4.69) is 34.3 Å². The number of nitrogens with zero attached hydrogens (tertiary/aromatic N) is 2. The van der Waals surface area contributed by atoms with E-state index in [4.69, 9.17) is 0 Å². The summed E-state index contributed by atoms with van der Waals surface area (Å²) in [6.07, 6.45) is 1.79. The van der Waals surface area contributed by atoms with Crippen LogP contribution in [-0.2, 0) is 11.0 Å². The number of aliphatic hydroxyl groups is 2. The van der Waals surface area contributed by atoms with E-state index < -0.39 is 23.4 Å². The minimum absolute atomic E-state index is 0.239. The number of rotatable bonds is 6. The first-order valence-electron chi connectivity index (χ1n) is 13.5.